The van der Waals surface area contributed by atoms with Gasteiger partial charge < -0.3 is 15.2 Å². The molecular weight excluding hydrogens is 214 g/mol. The molecule has 94 valence electrons. The van der Waals surface area contributed by atoms with Gasteiger partial charge in [-0.1, -0.05) is 24.3 Å². The van der Waals surface area contributed by atoms with Crippen molar-refractivity contribution in [1.82, 2.24) is 5.32 Å². The average Bonchev–Trinajstić information content (AvgIpc) is 3.19. The maximum absolute atomic E-state index is 9.50. The van der Waals surface area contributed by atoms with Crippen molar-refractivity contribution in [2.75, 3.05) is 26.9 Å². The van der Waals surface area contributed by atoms with Crippen LogP contribution in [-0.2, 0) is 4.74 Å². The number of aliphatic hydroxyl groups is 1. The smallest absolute Gasteiger partial charge is 0.0626 e. The Morgan fingerprint density at radius 3 is 2.82 bits per heavy atom. The lowest BCUT2D eigenvalue weighted by atomic mass is 9.97. The molecule has 1 aromatic rings. The Morgan fingerprint density at radius 1 is 1.41 bits per heavy atom. The van der Waals surface area contributed by atoms with E-state index in [1.54, 1.807) is 7.11 Å². The SMILES string of the molecule is COCCNC(CO)c1ccccc1C1CC1. The van der Waals surface area contributed by atoms with Crippen molar-refractivity contribution in [3.63, 3.8) is 0 Å². The monoisotopic (exact) mass is 235 g/mol. The molecule has 17 heavy (non-hydrogen) atoms. The second-order valence-electron chi connectivity index (χ2n) is 4.59. The Bertz CT molecular complexity index is 350. The summed E-state index contributed by atoms with van der Waals surface area (Å²) in [5.41, 5.74) is 2.64. The summed E-state index contributed by atoms with van der Waals surface area (Å²) in [7, 11) is 1.69. The second-order valence-corrected chi connectivity index (χ2v) is 4.59. The Labute approximate surface area is 103 Å². The van der Waals surface area contributed by atoms with Gasteiger partial charge >= 0.3 is 0 Å². The molecule has 1 aliphatic carbocycles. The first kappa shape index (κ1) is 12.6. The van der Waals surface area contributed by atoms with E-state index in [0.29, 0.717) is 12.5 Å². The third kappa shape index (κ3) is 3.28. The fourth-order valence-electron chi connectivity index (χ4n) is 2.20. The lowest BCUT2D eigenvalue weighted by molar-refractivity contribution is 0.184. The van der Waals surface area contributed by atoms with Crippen LogP contribution < -0.4 is 5.32 Å². The first-order valence-electron chi connectivity index (χ1n) is 6.28. The topological polar surface area (TPSA) is 41.5 Å². The van der Waals surface area contributed by atoms with Gasteiger partial charge in [-0.25, -0.2) is 0 Å². The second kappa shape index (κ2) is 6.15. The fraction of sp³-hybridized carbons (Fsp3) is 0.571. The first-order valence-corrected chi connectivity index (χ1v) is 6.28. The zero-order chi connectivity index (χ0) is 12.1. The molecule has 1 aliphatic rings. The van der Waals surface area contributed by atoms with Crippen molar-refractivity contribution in [3.05, 3.63) is 35.4 Å². The van der Waals surface area contributed by atoms with Crippen molar-refractivity contribution in [2.45, 2.75) is 24.8 Å². The van der Waals surface area contributed by atoms with Gasteiger partial charge in [0.2, 0.25) is 0 Å². The van der Waals surface area contributed by atoms with Gasteiger partial charge in [-0.05, 0) is 29.9 Å². The fourth-order valence-corrected chi connectivity index (χ4v) is 2.20. The largest absolute Gasteiger partial charge is 0.394 e. The summed E-state index contributed by atoms with van der Waals surface area (Å²) in [6, 6.07) is 8.46. The van der Waals surface area contributed by atoms with Gasteiger partial charge in [-0.3, -0.25) is 0 Å². The number of aliphatic hydroxyl groups excluding tert-OH is 1. The molecule has 3 nitrogen and oxygen atoms in total. The van der Waals surface area contributed by atoms with Crippen LogP contribution in [-0.4, -0.2) is 32.0 Å². The van der Waals surface area contributed by atoms with E-state index in [9.17, 15) is 5.11 Å². The average molecular weight is 235 g/mol. The molecule has 0 bridgehead atoms. The van der Waals surface area contributed by atoms with Crippen LogP contribution in [0.4, 0.5) is 0 Å². The molecule has 0 aromatic heterocycles. The number of rotatable bonds is 7. The van der Waals surface area contributed by atoms with Crippen LogP contribution in [0.5, 0.6) is 0 Å². The van der Waals surface area contributed by atoms with E-state index < -0.39 is 0 Å². The van der Waals surface area contributed by atoms with Crippen LogP contribution in [0.2, 0.25) is 0 Å². The lowest BCUT2D eigenvalue weighted by Gasteiger charge is -2.19. The molecule has 1 unspecified atom stereocenters. The molecule has 1 aromatic carbocycles. The van der Waals surface area contributed by atoms with Crippen molar-refractivity contribution < 1.29 is 9.84 Å². The van der Waals surface area contributed by atoms with Gasteiger partial charge in [-0.2, -0.15) is 0 Å². The normalized spacial score (nSPS) is 17.1. The maximum atomic E-state index is 9.50. The van der Waals surface area contributed by atoms with Crippen LogP contribution in [0.1, 0.15) is 35.9 Å². The van der Waals surface area contributed by atoms with E-state index in [-0.39, 0.29) is 12.6 Å². The van der Waals surface area contributed by atoms with Crippen LogP contribution in [0.3, 0.4) is 0 Å². The Hall–Kier alpha value is -0.900. The van der Waals surface area contributed by atoms with Crippen LogP contribution in [0.15, 0.2) is 24.3 Å². The Kier molecular flexibility index (Phi) is 4.54. The molecule has 0 aliphatic heterocycles. The van der Waals surface area contributed by atoms with E-state index in [0.717, 1.165) is 6.54 Å². The number of ether oxygens (including phenoxy) is 1. The third-order valence-electron chi connectivity index (χ3n) is 3.27. The molecule has 0 spiro atoms. The molecule has 0 amide bonds. The Balaban J connectivity index is 2.06. The predicted octanol–water partition coefficient (Wildman–Crippen LogP) is 1.83. The summed E-state index contributed by atoms with van der Waals surface area (Å²) in [6.07, 6.45) is 2.57. The summed E-state index contributed by atoms with van der Waals surface area (Å²) < 4.78 is 5.02. The van der Waals surface area contributed by atoms with Crippen LogP contribution in [0, 0.1) is 0 Å². The van der Waals surface area contributed by atoms with E-state index in [1.165, 1.54) is 24.0 Å². The zero-order valence-electron chi connectivity index (χ0n) is 10.4. The predicted molar refractivity (Wildman–Crippen MR) is 68.1 cm³/mol. The summed E-state index contributed by atoms with van der Waals surface area (Å²) >= 11 is 0. The molecule has 1 atom stereocenters. The van der Waals surface area contributed by atoms with Gasteiger partial charge in [0.05, 0.1) is 19.3 Å². The van der Waals surface area contributed by atoms with Gasteiger partial charge in [0.25, 0.3) is 0 Å². The summed E-state index contributed by atoms with van der Waals surface area (Å²) in [5.74, 6) is 0.712. The van der Waals surface area contributed by atoms with E-state index >= 15 is 0 Å². The van der Waals surface area contributed by atoms with Crippen LogP contribution in [0.25, 0.3) is 0 Å². The minimum absolute atomic E-state index is 0.0296. The zero-order valence-corrected chi connectivity index (χ0v) is 10.4. The Morgan fingerprint density at radius 2 is 2.18 bits per heavy atom. The lowest BCUT2D eigenvalue weighted by Crippen LogP contribution is -2.28. The van der Waals surface area contributed by atoms with Gasteiger partial charge in [0.15, 0.2) is 0 Å². The molecular formula is C14H21NO2. The highest BCUT2D eigenvalue weighted by molar-refractivity contribution is 5.35. The molecule has 2 N–H and O–H groups in total. The molecule has 1 fully saturated rings. The molecule has 0 heterocycles. The summed E-state index contributed by atoms with van der Waals surface area (Å²) in [4.78, 5) is 0. The third-order valence-corrected chi connectivity index (χ3v) is 3.27. The van der Waals surface area contributed by atoms with Crippen molar-refractivity contribution in [3.8, 4) is 0 Å². The van der Waals surface area contributed by atoms with Crippen molar-refractivity contribution in [1.29, 1.82) is 0 Å². The standard InChI is InChI=1S/C14H21NO2/c1-17-9-8-15-14(10-16)13-5-3-2-4-12(13)11-6-7-11/h2-5,11,14-16H,6-10H2,1H3. The highest BCUT2D eigenvalue weighted by Crippen LogP contribution is 2.42. The minimum atomic E-state index is 0.0296. The number of benzene rings is 1. The van der Waals surface area contributed by atoms with Crippen LogP contribution >= 0.6 is 0 Å². The summed E-state index contributed by atoms with van der Waals surface area (Å²) in [5, 5.41) is 12.8. The quantitative estimate of drug-likeness (QED) is 0.708. The molecule has 1 saturated carbocycles. The van der Waals surface area contributed by atoms with Crippen molar-refractivity contribution in [2.24, 2.45) is 0 Å². The highest BCUT2D eigenvalue weighted by Gasteiger charge is 2.27. The van der Waals surface area contributed by atoms with Gasteiger partial charge in [0.1, 0.15) is 0 Å². The molecule has 2 rings (SSSR count). The molecule has 0 saturated heterocycles. The highest BCUT2D eigenvalue weighted by atomic mass is 16.5. The van der Waals surface area contributed by atoms with E-state index in [1.807, 2.05) is 6.07 Å². The van der Waals surface area contributed by atoms with Gasteiger partial charge in [0, 0.05) is 13.7 Å². The first-order chi connectivity index (χ1) is 8.36. The molecule has 0 radical (unpaired) electrons. The minimum Gasteiger partial charge on any atom is -0.394 e. The maximum Gasteiger partial charge on any atom is 0.0626 e. The summed E-state index contributed by atoms with van der Waals surface area (Å²) in [6.45, 7) is 1.57. The molecule has 3 heteroatoms. The number of hydrogen-bond acceptors (Lipinski definition) is 3. The van der Waals surface area contributed by atoms with Gasteiger partial charge in [-0.15, -0.1) is 0 Å². The number of methoxy groups -OCH3 is 1. The number of hydrogen-bond donors (Lipinski definition) is 2. The van der Waals surface area contributed by atoms with E-state index in [2.05, 4.69) is 23.5 Å². The van der Waals surface area contributed by atoms with E-state index in [4.69, 9.17) is 4.74 Å². The number of nitrogens with one attached hydrogen (secondary N) is 1. The van der Waals surface area contributed by atoms with Crippen molar-refractivity contribution >= 4 is 0 Å².